The van der Waals surface area contributed by atoms with E-state index < -0.39 is 5.97 Å². The first-order valence-corrected chi connectivity index (χ1v) is 5.18. The fraction of sp³-hybridized carbons (Fsp3) is 0.273. The molecule has 1 aromatic carbocycles. The Morgan fingerprint density at radius 3 is 2.69 bits per heavy atom. The van der Waals surface area contributed by atoms with Crippen molar-refractivity contribution in [3.05, 3.63) is 23.2 Å². The number of nitrogens with two attached hydrogens (primary N) is 1. The second-order valence-corrected chi connectivity index (χ2v) is 3.61. The van der Waals surface area contributed by atoms with E-state index >= 15 is 0 Å². The van der Waals surface area contributed by atoms with Gasteiger partial charge in [0.2, 0.25) is 0 Å². The van der Waals surface area contributed by atoms with Gasteiger partial charge >= 0.3 is 5.97 Å². The molecule has 2 N–H and O–H groups in total. The number of rotatable bonds is 4. The lowest BCUT2D eigenvalue weighted by Crippen LogP contribution is -2.14. The number of anilines is 1. The molecule has 0 spiro atoms. The quantitative estimate of drug-likeness (QED) is 0.380. The van der Waals surface area contributed by atoms with Gasteiger partial charge in [-0.15, -0.1) is 0 Å². The number of para-hydroxylation sites is 1. The van der Waals surface area contributed by atoms with Crippen LogP contribution in [-0.2, 0) is 9.59 Å². The molecule has 0 saturated heterocycles. The van der Waals surface area contributed by atoms with Gasteiger partial charge < -0.3 is 10.5 Å². The molecule has 0 bridgehead atoms. The van der Waals surface area contributed by atoms with Crippen molar-refractivity contribution in [2.45, 2.75) is 19.8 Å². The topological polar surface area (TPSA) is 69.4 Å². The van der Waals surface area contributed by atoms with Crippen LogP contribution >= 0.6 is 11.6 Å². The van der Waals surface area contributed by atoms with Gasteiger partial charge in [0.25, 0.3) is 0 Å². The number of carbonyl (C=O) groups is 2. The van der Waals surface area contributed by atoms with Crippen LogP contribution in [0.2, 0.25) is 5.02 Å². The highest BCUT2D eigenvalue weighted by Gasteiger charge is 2.13. The third-order valence-electron chi connectivity index (χ3n) is 1.95. The molecule has 0 heterocycles. The number of hydrogen-bond acceptors (Lipinski definition) is 4. The van der Waals surface area contributed by atoms with Gasteiger partial charge in [-0.3, -0.25) is 9.59 Å². The minimum atomic E-state index is -0.647. The van der Waals surface area contributed by atoms with E-state index in [4.69, 9.17) is 22.1 Å². The predicted octanol–water partition coefficient (Wildman–Crippen LogP) is 2.20. The Hall–Kier alpha value is -1.55. The maximum absolute atomic E-state index is 11.3. The highest BCUT2D eigenvalue weighted by molar-refractivity contribution is 6.32. The summed E-state index contributed by atoms with van der Waals surface area (Å²) in [6, 6.07) is 4.77. The number of Topliss-reactive ketones (excluding diaryl/α,β-unsaturated/α-hetero) is 1. The first-order valence-electron chi connectivity index (χ1n) is 4.81. The van der Waals surface area contributed by atoms with Gasteiger partial charge in [-0.25, -0.2) is 0 Å². The Kier molecular flexibility index (Phi) is 4.31. The Morgan fingerprint density at radius 1 is 1.44 bits per heavy atom. The molecule has 0 atom stereocenters. The molecule has 0 aliphatic carbocycles. The van der Waals surface area contributed by atoms with Gasteiger partial charge in [0.15, 0.2) is 5.75 Å². The Balaban J connectivity index is 2.73. The number of carbonyl (C=O) groups excluding carboxylic acids is 2. The monoisotopic (exact) mass is 241 g/mol. The van der Waals surface area contributed by atoms with E-state index in [1.165, 1.54) is 0 Å². The standard InChI is InChI=1S/C11H12ClNO3/c1-2-7(14)6-10(15)16-11-8(12)4-3-5-9(11)13/h3-5H,2,6,13H2,1H3. The van der Waals surface area contributed by atoms with Gasteiger partial charge in [0.05, 0.1) is 10.7 Å². The minimum absolute atomic E-state index is 0.109. The summed E-state index contributed by atoms with van der Waals surface area (Å²) in [5.74, 6) is -0.722. The van der Waals surface area contributed by atoms with Crippen LogP contribution in [0.3, 0.4) is 0 Å². The number of ether oxygens (including phenoxy) is 1. The number of benzene rings is 1. The number of halogens is 1. The molecule has 16 heavy (non-hydrogen) atoms. The van der Waals surface area contributed by atoms with Crippen molar-refractivity contribution in [2.75, 3.05) is 5.73 Å². The molecule has 0 aromatic heterocycles. The third kappa shape index (κ3) is 3.24. The van der Waals surface area contributed by atoms with Crippen molar-refractivity contribution in [3.8, 4) is 5.75 Å². The maximum Gasteiger partial charge on any atom is 0.318 e. The summed E-state index contributed by atoms with van der Waals surface area (Å²) in [6.45, 7) is 1.68. The fourth-order valence-corrected chi connectivity index (χ4v) is 1.29. The smallest absolute Gasteiger partial charge is 0.318 e. The van der Waals surface area contributed by atoms with Crippen LogP contribution in [0.15, 0.2) is 18.2 Å². The summed E-state index contributed by atoms with van der Waals surface area (Å²) in [6.07, 6.45) is 0.0360. The molecule has 0 unspecified atom stereocenters. The average molecular weight is 242 g/mol. The molecule has 0 aliphatic rings. The summed E-state index contributed by atoms with van der Waals surface area (Å²) in [5.41, 5.74) is 5.85. The molecule has 0 radical (unpaired) electrons. The van der Waals surface area contributed by atoms with E-state index in [9.17, 15) is 9.59 Å². The molecule has 0 saturated carbocycles. The summed E-state index contributed by atoms with van der Waals surface area (Å²) in [5, 5.41) is 0.247. The lowest BCUT2D eigenvalue weighted by molar-refractivity contribution is -0.137. The maximum atomic E-state index is 11.3. The molecule has 0 amide bonds. The number of esters is 1. The normalized spacial score (nSPS) is 9.88. The number of nitrogen functional groups attached to an aromatic ring is 1. The van der Waals surface area contributed by atoms with Gasteiger partial charge in [-0.05, 0) is 12.1 Å². The third-order valence-corrected chi connectivity index (χ3v) is 2.25. The molecular weight excluding hydrogens is 230 g/mol. The summed E-state index contributed by atoms with van der Waals surface area (Å²) in [4.78, 5) is 22.3. The molecule has 1 rings (SSSR count). The largest absolute Gasteiger partial charge is 0.422 e. The molecule has 1 aromatic rings. The van der Waals surface area contributed by atoms with E-state index in [2.05, 4.69) is 0 Å². The van der Waals surface area contributed by atoms with E-state index in [1.54, 1.807) is 25.1 Å². The number of hydrogen-bond donors (Lipinski definition) is 1. The first kappa shape index (κ1) is 12.5. The van der Waals surface area contributed by atoms with E-state index in [0.29, 0.717) is 6.42 Å². The molecule has 0 aliphatic heterocycles. The molecule has 4 nitrogen and oxygen atoms in total. The summed E-state index contributed by atoms with van der Waals surface area (Å²) in [7, 11) is 0. The van der Waals surface area contributed by atoms with E-state index in [1.807, 2.05) is 0 Å². The van der Waals surface area contributed by atoms with E-state index in [-0.39, 0.29) is 28.7 Å². The zero-order valence-electron chi connectivity index (χ0n) is 8.83. The van der Waals surface area contributed by atoms with Gasteiger partial charge in [-0.1, -0.05) is 24.6 Å². The molecule has 5 heteroatoms. The SMILES string of the molecule is CCC(=O)CC(=O)Oc1c(N)cccc1Cl. The van der Waals surface area contributed by atoms with Crippen LogP contribution in [0.4, 0.5) is 5.69 Å². The summed E-state index contributed by atoms with van der Waals surface area (Å²) < 4.78 is 4.93. The van der Waals surface area contributed by atoms with Crippen molar-refractivity contribution in [1.29, 1.82) is 0 Å². The van der Waals surface area contributed by atoms with Crippen LogP contribution in [0.25, 0.3) is 0 Å². The van der Waals surface area contributed by atoms with Gasteiger partial charge in [-0.2, -0.15) is 0 Å². The van der Waals surface area contributed by atoms with Crippen LogP contribution in [0.5, 0.6) is 5.75 Å². The van der Waals surface area contributed by atoms with Crippen molar-refractivity contribution in [2.24, 2.45) is 0 Å². The van der Waals surface area contributed by atoms with Crippen LogP contribution < -0.4 is 10.5 Å². The molecule has 86 valence electrons. The molecular formula is C11H12ClNO3. The van der Waals surface area contributed by atoms with Crippen molar-refractivity contribution in [1.82, 2.24) is 0 Å². The lowest BCUT2D eigenvalue weighted by atomic mass is 10.2. The second kappa shape index (κ2) is 5.51. The van der Waals surface area contributed by atoms with Crippen molar-refractivity contribution < 1.29 is 14.3 Å². The zero-order chi connectivity index (χ0) is 12.1. The molecule has 0 fully saturated rings. The lowest BCUT2D eigenvalue weighted by Gasteiger charge is -2.07. The van der Waals surface area contributed by atoms with Crippen molar-refractivity contribution >= 4 is 29.0 Å². The number of ketones is 1. The first-order chi connectivity index (χ1) is 7.54. The highest BCUT2D eigenvalue weighted by atomic mass is 35.5. The Bertz CT molecular complexity index is 397. The van der Waals surface area contributed by atoms with Crippen LogP contribution in [0, 0.1) is 0 Å². The fourth-order valence-electron chi connectivity index (χ4n) is 1.07. The minimum Gasteiger partial charge on any atom is -0.422 e. The van der Waals surface area contributed by atoms with Crippen LogP contribution in [-0.4, -0.2) is 11.8 Å². The van der Waals surface area contributed by atoms with Crippen molar-refractivity contribution in [3.63, 3.8) is 0 Å². The average Bonchev–Trinajstić information content (AvgIpc) is 2.23. The van der Waals surface area contributed by atoms with E-state index in [0.717, 1.165) is 0 Å². The van der Waals surface area contributed by atoms with Crippen LogP contribution in [0.1, 0.15) is 19.8 Å². The Morgan fingerprint density at radius 2 is 2.12 bits per heavy atom. The zero-order valence-corrected chi connectivity index (χ0v) is 9.58. The van der Waals surface area contributed by atoms with Gasteiger partial charge in [0.1, 0.15) is 12.2 Å². The Labute approximate surface area is 98.3 Å². The van der Waals surface area contributed by atoms with Gasteiger partial charge in [0, 0.05) is 6.42 Å². The highest BCUT2D eigenvalue weighted by Crippen LogP contribution is 2.30. The predicted molar refractivity (Wildman–Crippen MR) is 61.4 cm³/mol. The second-order valence-electron chi connectivity index (χ2n) is 3.20. The summed E-state index contributed by atoms with van der Waals surface area (Å²) >= 11 is 5.80.